The minimum absolute atomic E-state index is 0.0905. The third-order valence-corrected chi connectivity index (χ3v) is 4.12. The summed E-state index contributed by atoms with van der Waals surface area (Å²) in [6.07, 6.45) is 6.28. The molecule has 1 aromatic rings. The Morgan fingerprint density at radius 3 is 2.63 bits per heavy atom. The van der Waals surface area contributed by atoms with Crippen LogP contribution in [0.2, 0.25) is 5.02 Å². The van der Waals surface area contributed by atoms with Crippen molar-refractivity contribution < 1.29 is 4.79 Å². The fourth-order valence-electron chi connectivity index (χ4n) is 2.79. The molecule has 1 aromatic carbocycles. The summed E-state index contributed by atoms with van der Waals surface area (Å²) in [7, 11) is 0. The van der Waals surface area contributed by atoms with Gasteiger partial charge < -0.3 is 11.1 Å². The molecule has 0 bridgehead atoms. The molecule has 4 heteroatoms. The molecular weight excluding hydrogens is 260 g/mol. The first-order valence-electron chi connectivity index (χ1n) is 6.93. The predicted molar refractivity (Wildman–Crippen MR) is 79.4 cm³/mol. The van der Waals surface area contributed by atoms with E-state index in [9.17, 15) is 4.79 Å². The molecule has 1 aliphatic carbocycles. The van der Waals surface area contributed by atoms with Gasteiger partial charge in [0.05, 0.1) is 0 Å². The molecule has 1 unspecified atom stereocenters. The topological polar surface area (TPSA) is 55.1 Å². The van der Waals surface area contributed by atoms with Crippen LogP contribution in [-0.4, -0.2) is 11.9 Å². The van der Waals surface area contributed by atoms with E-state index in [2.05, 4.69) is 12.2 Å². The van der Waals surface area contributed by atoms with Gasteiger partial charge >= 0.3 is 0 Å². The van der Waals surface area contributed by atoms with Gasteiger partial charge in [0.25, 0.3) is 5.91 Å². The lowest BCUT2D eigenvalue weighted by molar-refractivity contribution is 0.0919. The zero-order valence-electron chi connectivity index (χ0n) is 11.3. The molecule has 3 nitrogen and oxygen atoms in total. The second-order valence-electron chi connectivity index (χ2n) is 5.43. The fourth-order valence-corrected chi connectivity index (χ4v) is 3.03. The van der Waals surface area contributed by atoms with Crippen molar-refractivity contribution in [3.63, 3.8) is 0 Å². The molecule has 0 spiro atoms. The zero-order chi connectivity index (χ0) is 13.8. The van der Waals surface area contributed by atoms with Crippen molar-refractivity contribution in [1.29, 1.82) is 0 Å². The minimum atomic E-state index is -0.0905. The van der Waals surface area contributed by atoms with Crippen LogP contribution in [0.1, 0.15) is 49.4 Å². The third-order valence-electron chi connectivity index (χ3n) is 3.90. The van der Waals surface area contributed by atoms with E-state index in [4.69, 9.17) is 17.3 Å². The van der Waals surface area contributed by atoms with Crippen LogP contribution in [0.15, 0.2) is 18.2 Å². The molecule has 1 fully saturated rings. The van der Waals surface area contributed by atoms with Crippen LogP contribution in [-0.2, 0) is 0 Å². The maximum Gasteiger partial charge on any atom is 0.251 e. The third kappa shape index (κ3) is 3.87. The Balaban J connectivity index is 1.99. The van der Waals surface area contributed by atoms with Crippen molar-refractivity contribution in [2.75, 3.05) is 5.73 Å². The molecule has 1 aliphatic rings. The highest BCUT2D eigenvalue weighted by atomic mass is 35.5. The molecule has 0 heterocycles. The molecule has 104 valence electrons. The van der Waals surface area contributed by atoms with E-state index < -0.39 is 0 Å². The number of anilines is 1. The summed E-state index contributed by atoms with van der Waals surface area (Å²) in [5.74, 6) is 0.501. The van der Waals surface area contributed by atoms with Gasteiger partial charge in [0.15, 0.2) is 0 Å². The van der Waals surface area contributed by atoms with E-state index in [0.717, 1.165) is 0 Å². The molecule has 1 atom stereocenters. The second kappa shape index (κ2) is 6.29. The summed E-state index contributed by atoms with van der Waals surface area (Å²) in [4.78, 5) is 12.2. The van der Waals surface area contributed by atoms with Gasteiger partial charge in [0, 0.05) is 22.3 Å². The number of amides is 1. The SMILES string of the molecule is CC(NC(=O)c1cc(N)cc(Cl)c1)C1CCCCC1. The smallest absolute Gasteiger partial charge is 0.251 e. The van der Waals surface area contributed by atoms with Gasteiger partial charge in [-0.15, -0.1) is 0 Å². The Hall–Kier alpha value is -1.22. The largest absolute Gasteiger partial charge is 0.399 e. The number of benzene rings is 1. The van der Waals surface area contributed by atoms with Crippen molar-refractivity contribution in [2.45, 2.75) is 45.1 Å². The summed E-state index contributed by atoms with van der Waals surface area (Å²) in [5.41, 5.74) is 6.76. The van der Waals surface area contributed by atoms with Crippen molar-refractivity contribution in [1.82, 2.24) is 5.32 Å². The lowest BCUT2D eigenvalue weighted by atomic mass is 9.84. The lowest BCUT2D eigenvalue weighted by Crippen LogP contribution is -2.38. The van der Waals surface area contributed by atoms with Gasteiger partial charge in [0.2, 0.25) is 0 Å². The van der Waals surface area contributed by atoms with E-state index in [1.807, 2.05) is 0 Å². The standard InChI is InChI=1S/C15H21ClN2O/c1-10(11-5-3-2-4-6-11)18-15(19)12-7-13(16)9-14(17)8-12/h7-11H,2-6,17H2,1H3,(H,18,19). The molecule has 0 radical (unpaired) electrons. The maximum atomic E-state index is 12.2. The Bertz CT molecular complexity index is 435. The molecule has 0 aromatic heterocycles. The van der Waals surface area contributed by atoms with Crippen LogP contribution >= 0.6 is 11.6 Å². The van der Waals surface area contributed by atoms with Crippen molar-refractivity contribution in [3.8, 4) is 0 Å². The van der Waals surface area contributed by atoms with Crippen molar-refractivity contribution in [3.05, 3.63) is 28.8 Å². The lowest BCUT2D eigenvalue weighted by Gasteiger charge is -2.28. The maximum absolute atomic E-state index is 12.2. The van der Waals surface area contributed by atoms with E-state index in [1.165, 1.54) is 32.1 Å². The van der Waals surface area contributed by atoms with Gasteiger partial charge in [0.1, 0.15) is 0 Å². The number of nitrogens with one attached hydrogen (secondary N) is 1. The summed E-state index contributed by atoms with van der Waals surface area (Å²) >= 11 is 5.92. The average molecular weight is 281 g/mol. The first-order chi connectivity index (χ1) is 9.06. The van der Waals surface area contributed by atoms with Crippen LogP contribution in [0.25, 0.3) is 0 Å². The van der Waals surface area contributed by atoms with Crippen molar-refractivity contribution in [2.24, 2.45) is 5.92 Å². The molecule has 3 N–H and O–H groups in total. The van der Waals surface area contributed by atoms with Gasteiger partial charge in [-0.1, -0.05) is 30.9 Å². The first-order valence-corrected chi connectivity index (χ1v) is 7.31. The van der Waals surface area contributed by atoms with Crippen LogP contribution in [0.3, 0.4) is 0 Å². The highest BCUT2D eigenvalue weighted by Gasteiger charge is 2.21. The Kier molecular flexibility index (Phi) is 4.70. The van der Waals surface area contributed by atoms with E-state index in [1.54, 1.807) is 18.2 Å². The predicted octanol–water partition coefficient (Wildman–Crippen LogP) is 3.62. The van der Waals surface area contributed by atoms with Crippen molar-refractivity contribution >= 4 is 23.2 Å². The number of carbonyl (C=O) groups is 1. The molecule has 0 saturated heterocycles. The average Bonchev–Trinajstić information content (AvgIpc) is 2.38. The molecule has 19 heavy (non-hydrogen) atoms. The first kappa shape index (κ1) is 14.2. The molecule has 1 amide bonds. The van der Waals surface area contributed by atoms with Crippen LogP contribution in [0.5, 0.6) is 0 Å². The number of hydrogen-bond acceptors (Lipinski definition) is 2. The number of rotatable bonds is 3. The minimum Gasteiger partial charge on any atom is -0.399 e. The Morgan fingerprint density at radius 2 is 2.00 bits per heavy atom. The van der Waals surface area contributed by atoms with Gasteiger partial charge in [-0.2, -0.15) is 0 Å². The molecule has 2 rings (SSSR count). The highest BCUT2D eigenvalue weighted by molar-refractivity contribution is 6.31. The number of halogens is 1. The number of nitrogens with two attached hydrogens (primary N) is 1. The van der Waals surface area contributed by atoms with E-state index in [0.29, 0.717) is 22.2 Å². The summed E-state index contributed by atoms with van der Waals surface area (Å²) < 4.78 is 0. The Labute approximate surface area is 119 Å². The molecular formula is C15H21ClN2O. The van der Waals surface area contributed by atoms with Crippen LogP contribution < -0.4 is 11.1 Å². The highest BCUT2D eigenvalue weighted by Crippen LogP contribution is 2.26. The fraction of sp³-hybridized carbons (Fsp3) is 0.533. The summed E-state index contributed by atoms with van der Waals surface area (Å²) in [6, 6.07) is 5.16. The number of carbonyl (C=O) groups excluding carboxylic acids is 1. The number of hydrogen-bond donors (Lipinski definition) is 2. The van der Waals surface area contributed by atoms with E-state index >= 15 is 0 Å². The number of nitrogen functional groups attached to an aromatic ring is 1. The van der Waals surface area contributed by atoms with Crippen LogP contribution in [0, 0.1) is 5.92 Å². The quantitative estimate of drug-likeness (QED) is 0.831. The van der Waals surface area contributed by atoms with Crippen LogP contribution in [0.4, 0.5) is 5.69 Å². The Morgan fingerprint density at radius 1 is 1.32 bits per heavy atom. The van der Waals surface area contributed by atoms with Gasteiger partial charge in [-0.25, -0.2) is 0 Å². The molecule has 1 saturated carbocycles. The monoisotopic (exact) mass is 280 g/mol. The summed E-state index contributed by atoms with van der Waals surface area (Å²) in [5, 5.41) is 3.56. The van der Waals surface area contributed by atoms with Gasteiger partial charge in [-0.3, -0.25) is 4.79 Å². The van der Waals surface area contributed by atoms with Gasteiger partial charge in [-0.05, 0) is 43.9 Å². The second-order valence-corrected chi connectivity index (χ2v) is 5.87. The summed E-state index contributed by atoms with van der Waals surface area (Å²) in [6.45, 7) is 2.09. The zero-order valence-corrected chi connectivity index (χ0v) is 12.0. The normalized spacial score (nSPS) is 18.0. The van der Waals surface area contributed by atoms with E-state index in [-0.39, 0.29) is 11.9 Å². The molecule has 0 aliphatic heterocycles.